The Balaban J connectivity index is 1.77. The molecule has 2 heterocycles. The number of hydrogen-bond acceptors (Lipinski definition) is 10. The summed E-state index contributed by atoms with van der Waals surface area (Å²) >= 11 is 0. The average molecular weight is 432 g/mol. The van der Waals surface area contributed by atoms with Crippen LogP contribution in [0, 0.1) is 0 Å². The van der Waals surface area contributed by atoms with Crippen molar-refractivity contribution in [1.82, 2.24) is 0 Å². The van der Waals surface area contributed by atoms with E-state index in [1.165, 1.54) is 31.2 Å². The van der Waals surface area contributed by atoms with Crippen molar-refractivity contribution in [3.8, 4) is 34.3 Å². The number of aromatic hydroxyl groups is 3. The Labute approximate surface area is 174 Å². The third-order valence-electron chi connectivity index (χ3n) is 5.13. The van der Waals surface area contributed by atoms with Gasteiger partial charge in [-0.05, 0) is 31.2 Å². The molecule has 164 valence electrons. The Hall–Kier alpha value is -3.31. The lowest BCUT2D eigenvalue weighted by molar-refractivity contribution is -0.268. The molecule has 0 spiro atoms. The summed E-state index contributed by atoms with van der Waals surface area (Å²) in [5.74, 6) is -1.80. The average Bonchev–Trinajstić information content (AvgIpc) is 2.74. The van der Waals surface area contributed by atoms with Crippen molar-refractivity contribution in [2.24, 2.45) is 0 Å². The summed E-state index contributed by atoms with van der Waals surface area (Å²) in [6.45, 7) is 1.46. The molecule has 10 nitrogen and oxygen atoms in total. The zero-order valence-electron chi connectivity index (χ0n) is 16.2. The summed E-state index contributed by atoms with van der Waals surface area (Å²) in [5.41, 5.74) is -0.284. The molecule has 1 saturated heterocycles. The van der Waals surface area contributed by atoms with Gasteiger partial charge in [-0.15, -0.1) is 0 Å². The molecule has 1 fully saturated rings. The van der Waals surface area contributed by atoms with E-state index >= 15 is 0 Å². The smallest absolute Gasteiger partial charge is 0.229 e. The number of aliphatic hydroxyl groups excluding tert-OH is 3. The lowest BCUT2D eigenvalue weighted by atomic mass is 10.00. The second kappa shape index (κ2) is 7.75. The SMILES string of the molecule is C[C@@H]1O[C@@H](Oc2cc3oc(-c4ccc(O)cc4)cc(=O)c3c(O)c2O)[C@H](O)[C@H](O)[C@@H]1O. The van der Waals surface area contributed by atoms with Crippen LogP contribution >= 0.6 is 0 Å². The normalized spacial score (nSPS) is 26.1. The fraction of sp³-hybridized carbons (Fsp3) is 0.286. The largest absolute Gasteiger partial charge is 0.508 e. The molecule has 0 saturated carbocycles. The molecule has 0 aliphatic carbocycles. The van der Waals surface area contributed by atoms with Gasteiger partial charge >= 0.3 is 0 Å². The fourth-order valence-electron chi connectivity index (χ4n) is 3.36. The predicted octanol–water partition coefficient (Wildman–Crippen LogP) is 0.783. The van der Waals surface area contributed by atoms with Crippen LogP contribution in [0.25, 0.3) is 22.3 Å². The minimum absolute atomic E-state index is 0.0257. The lowest BCUT2D eigenvalue weighted by Crippen LogP contribution is -2.58. The van der Waals surface area contributed by atoms with Crippen LogP contribution in [0.4, 0.5) is 0 Å². The van der Waals surface area contributed by atoms with Gasteiger partial charge in [0.2, 0.25) is 12.0 Å². The van der Waals surface area contributed by atoms with E-state index in [9.17, 15) is 35.4 Å². The van der Waals surface area contributed by atoms with Crippen LogP contribution in [-0.2, 0) is 4.74 Å². The third kappa shape index (κ3) is 3.66. The molecule has 0 radical (unpaired) electrons. The number of phenolic OH excluding ortho intramolecular Hbond substituents is 3. The molecule has 0 amide bonds. The summed E-state index contributed by atoms with van der Waals surface area (Å²) in [4.78, 5) is 12.5. The van der Waals surface area contributed by atoms with Gasteiger partial charge in [-0.1, -0.05) is 0 Å². The highest BCUT2D eigenvalue weighted by Gasteiger charge is 2.43. The van der Waals surface area contributed by atoms with Crippen molar-refractivity contribution in [3.63, 3.8) is 0 Å². The Morgan fingerprint density at radius 1 is 0.903 bits per heavy atom. The quantitative estimate of drug-likeness (QED) is 0.325. The highest BCUT2D eigenvalue weighted by molar-refractivity contribution is 5.89. The number of hydrogen-bond donors (Lipinski definition) is 6. The van der Waals surface area contributed by atoms with Crippen LogP contribution in [0.3, 0.4) is 0 Å². The summed E-state index contributed by atoms with van der Waals surface area (Å²) in [7, 11) is 0. The topological polar surface area (TPSA) is 170 Å². The molecule has 10 heteroatoms. The van der Waals surface area contributed by atoms with Gasteiger partial charge < -0.3 is 44.5 Å². The molecular weight excluding hydrogens is 412 g/mol. The maximum atomic E-state index is 12.5. The summed E-state index contributed by atoms with van der Waals surface area (Å²) < 4.78 is 16.5. The first kappa shape index (κ1) is 20.9. The summed E-state index contributed by atoms with van der Waals surface area (Å²) in [6.07, 6.45) is -6.94. The van der Waals surface area contributed by atoms with E-state index in [-0.39, 0.29) is 28.2 Å². The highest BCUT2D eigenvalue weighted by atomic mass is 16.7. The standard InChI is InChI=1S/C21H20O10/c1-8-16(24)19(27)20(28)21(29-8)31-14-7-13-15(18(26)17(14)25)11(23)6-12(30-13)9-2-4-10(22)5-3-9/h2-8,16,19-22,24-28H,1H3/t8-,16+,19+,20+,21-/m0/s1. The van der Waals surface area contributed by atoms with Gasteiger partial charge in [0.1, 0.15) is 40.8 Å². The first-order valence-corrected chi connectivity index (χ1v) is 9.36. The van der Waals surface area contributed by atoms with Gasteiger partial charge in [-0.3, -0.25) is 4.79 Å². The zero-order valence-corrected chi connectivity index (χ0v) is 16.2. The Morgan fingerprint density at radius 2 is 1.58 bits per heavy atom. The van der Waals surface area contributed by atoms with Crippen LogP contribution in [0.5, 0.6) is 23.0 Å². The molecule has 4 rings (SSSR count). The van der Waals surface area contributed by atoms with Crippen LogP contribution in [0.15, 0.2) is 45.6 Å². The molecule has 2 aromatic carbocycles. The molecule has 0 bridgehead atoms. The molecule has 31 heavy (non-hydrogen) atoms. The van der Waals surface area contributed by atoms with Crippen molar-refractivity contribution in [1.29, 1.82) is 0 Å². The number of benzene rings is 2. The Bertz CT molecular complexity index is 1170. The van der Waals surface area contributed by atoms with Gasteiger partial charge in [0, 0.05) is 17.7 Å². The summed E-state index contributed by atoms with van der Waals surface area (Å²) in [6, 6.07) is 8.13. The fourth-order valence-corrected chi connectivity index (χ4v) is 3.36. The first-order chi connectivity index (χ1) is 14.7. The Morgan fingerprint density at radius 3 is 2.26 bits per heavy atom. The van der Waals surface area contributed by atoms with Crippen molar-refractivity contribution in [2.45, 2.75) is 37.6 Å². The Kier molecular flexibility index (Phi) is 5.23. The second-order valence-electron chi connectivity index (χ2n) is 7.27. The highest BCUT2D eigenvalue weighted by Crippen LogP contribution is 2.42. The molecule has 3 aromatic rings. The van der Waals surface area contributed by atoms with E-state index < -0.39 is 47.6 Å². The monoisotopic (exact) mass is 432 g/mol. The number of ether oxygens (including phenoxy) is 2. The second-order valence-corrected chi connectivity index (χ2v) is 7.27. The van der Waals surface area contributed by atoms with E-state index in [0.717, 1.165) is 12.1 Å². The minimum atomic E-state index is -1.65. The molecule has 6 N–H and O–H groups in total. The van der Waals surface area contributed by atoms with Crippen LogP contribution in [0.2, 0.25) is 0 Å². The van der Waals surface area contributed by atoms with Crippen LogP contribution < -0.4 is 10.2 Å². The number of aliphatic hydroxyl groups is 3. The van der Waals surface area contributed by atoms with Crippen molar-refractivity contribution in [3.05, 3.63) is 46.6 Å². The molecular formula is C21H20O10. The molecule has 5 atom stereocenters. The van der Waals surface area contributed by atoms with Crippen molar-refractivity contribution >= 4 is 11.0 Å². The minimum Gasteiger partial charge on any atom is -0.508 e. The molecule has 1 aliphatic rings. The van der Waals surface area contributed by atoms with Crippen LogP contribution in [-0.4, -0.2) is 61.3 Å². The first-order valence-electron chi connectivity index (χ1n) is 9.36. The molecule has 0 unspecified atom stereocenters. The molecule has 1 aliphatic heterocycles. The van der Waals surface area contributed by atoms with E-state index in [1.54, 1.807) is 0 Å². The van der Waals surface area contributed by atoms with Crippen molar-refractivity contribution < 1.29 is 44.5 Å². The lowest BCUT2D eigenvalue weighted by Gasteiger charge is -2.38. The van der Waals surface area contributed by atoms with Gasteiger partial charge in [-0.25, -0.2) is 0 Å². The van der Waals surface area contributed by atoms with E-state index in [1.807, 2.05) is 0 Å². The number of phenols is 3. The summed E-state index contributed by atoms with van der Waals surface area (Å²) in [5, 5.41) is 59.6. The van der Waals surface area contributed by atoms with E-state index in [4.69, 9.17) is 13.9 Å². The van der Waals surface area contributed by atoms with E-state index in [2.05, 4.69) is 0 Å². The van der Waals surface area contributed by atoms with Crippen LogP contribution in [0.1, 0.15) is 6.92 Å². The maximum Gasteiger partial charge on any atom is 0.229 e. The van der Waals surface area contributed by atoms with Gasteiger partial charge in [0.15, 0.2) is 16.9 Å². The maximum absolute atomic E-state index is 12.5. The number of rotatable bonds is 3. The van der Waals surface area contributed by atoms with E-state index in [0.29, 0.717) is 5.56 Å². The van der Waals surface area contributed by atoms with Gasteiger partial charge in [0.25, 0.3) is 0 Å². The third-order valence-corrected chi connectivity index (χ3v) is 5.13. The van der Waals surface area contributed by atoms with Gasteiger partial charge in [0.05, 0.1) is 6.10 Å². The number of fused-ring (bicyclic) bond motifs is 1. The zero-order chi connectivity index (χ0) is 22.4. The molecule has 1 aromatic heterocycles. The van der Waals surface area contributed by atoms with Crippen molar-refractivity contribution in [2.75, 3.05) is 0 Å². The predicted molar refractivity (Wildman–Crippen MR) is 106 cm³/mol. The van der Waals surface area contributed by atoms with Gasteiger partial charge in [-0.2, -0.15) is 0 Å².